The Bertz CT molecular complexity index is 608. The Balaban J connectivity index is 2.08. The van der Waals surface area contributed by atoms with E-state index in [1.54, 1.807) is 24.3 Å². The van der Waals surface area contributed by atoms with Gasteiger partial charge in [0.25, 0.3) is 5.91 Å². The van der Waals surface area contributed by atoms with Crippen LogP contribution in [0.15, 0.2) is 42.5 Å². The van der Waals surface area contributed by atoms with Crippen molar-refractivity contribution >= 4 is 11.6 Å². The molecule has 0 heterocycles. The van der Waals surface area contributed by atoms with Crippen LogP contribution in [0.2, 0.25) is 0 Å². The maximum absolute atomic E-state index is 12.0. The van der Waals surface area contributed by atoms with Crippen LogP contribution in [0.4, 0.5) is 5.69 Å². The van der Waals surface area contributed by atoms with Gasteiger partial charge >= 0.3 is 0 Å². The van der Waals surface area contributed by atoms with Crippen molar-refractivity contribution in [2.45, 2.75) is 6.92 Å². The molecule has 0 radical (unpaired) electrons. The molecule has 20 heavy (non-hydrogen) atoms. The first-order valence-corrected chi connectivity index (χ1v) is 6.16. The Morgan fingerprint density at radius 2 is 1.80 bits per heavy atom. The van der Waals surface area contributed by atoms with Gasteiger partial charge in [0.15, 0.2) is 11.5 Å². The van der Waals surface area contributed by atoms with Crippen LogP contribution in [0.3, 0.4) is 0 Å². The van der Waals surface area contributed by atoms with Gasteiger partial charge in [-0.2, -0.15) is 0 Å². The number of ether oxygens (including phenoxy) is 1. The number of hydrogen-bond acceptors (Lipinski definition) is 4. The van der Waals surface area contributed by atoms with Gasteiger partial charge in [-0.05, 0) is 49.4 Å². The molecule has 3 N–H and O–H groups in total. The Morgan fingerprint density at radius 1 is 1.10 bits per heavy atom. The lowest BCUT2D eigenvalue weighted by molar-refractivity contribution is 0.102. The molecule has 0 atom stereocenters. The van der Waals surface area contributed by atoms with E-state index < -0.39 is 0 Å². The number of phenols is 2. The van der Waals surface area contributed by atoms with Crippen LogP contribution in [0, 0.1) is 0 Å². The summed E-state index contributed by atoms with van der Waals surface area (Å²) in [4.78, 5) is 12.0. The zero-order chi connectivity index (χ0) is 14.5. The molecular weight excluding hydrogens is 258 g/mol. The maximum Gasteiger partial charge on any atom is 0.255 e. The summed E-state index contributed by atoms with van der Waals surface area (Å²) in [6.45, 7) is 2.48. The normalized spacial score (nSPS) is 10.1. The second-order valence-electron chi connectivity index (χ2n) is 4.12. The highest BCUT2D eigenvalue weighted by molar-refractivity contribution is 6.04. The second-order valence-corrected chi connectivity index (χ2v) is 4.12. The third-order valence-corrected chi connectivity index (χ3v) is 2.66. The van der Waals surface area contributed by atoms with Crippen molar-refractivity contribution < 1.29 is 19.7 Å². The molecule has 0 unspecified atom stereocenters. The molecule has 0 aliphatic rings. The molecule has 2 aromatic carbocycles. The lowest BCUT2D eigenvalue weighted by Crippen LogP contribution is -2.11. The summed E-state index contributed by atoms with van der Waals surface area (Å²) in [5.74, 6) is -0.232. The number of carbonyl (C=O) groups excluding carboxylic acids is 1. The van der Waals surface area contributed by atoms with Gasteiger partial charge in [0, 0.05) is 11.3 Å². The molecule has 0 aliphatic heterocycles. The van der Waals surface area contributed by atoms with E-state index in [-0.39, 0.29) is 23.0 Å². The Morgan fingerprint density at radius 3 is 2.40 bits per heavy atom. The quantitative estimate of drug-likeness (QED) is 0.748. The van der Waals surface area contributed by atoms with E-state index in [0.29, 0.717) is 12.3 Å². The van der Waals surface area contributed by atoms with Crippen LogP contribution in [-0.4, -0.2) is 22.7 Å². The molecule has 1 amide bonds. The van der Waals surface area contributed by atoms with Gasteiger partial charge in [0.05, 0.1) is 6.61 Å². The first-order valence-electron chi connectivity index (χ1n) is 6.16. The summed E-state index contributed by atoms with van der Waals surface area (Å²) in [6, 6.07) is 10.9. The van der Waals surface area contributed by atoms with Crippen LogP contribution in [0.5, 0.6) is 17.2 Å². The van der Waals surface area contributed by atoms with E-state index >= 15 is 0 Å². The number of anilines is 1. The first-order chi connectivity index (χ1) is 9.60. The van der Waals surface area contributed by atoms with Gasteiger partial charge in [0.2, 0.25) is 0 Å². The number of phenolic OH excluding ortho intramolecular Hbond substituents is 2. The Hall–Kier alpha value is -2.69. The number of benzene rings is 2. The fourth-order valence-corrected chi connectivity index (χ4v) is 1.67. The number of aromatic hydroxyl groups is 2. The van der Waals surface area contributed by atoms with E-state index in [4.69, 9.17) is 4.74 Å². The molecule has 0 spiro atoms. The minimum absolute atomic E-state index is 0.259. The lowest BCUT2D eigenvalue weighted by Gasteiger charge is -2.07. The molecule has 0 aromatic heterocycles. The zero-order valence-corrected chi connectivity index (χ0v) is 11.0. The van der Waals surface area contributed by atoms with Gasteiger partial charge in [-0.25, -0.2) is 0 Å². The molecule has 104 valence electrons. The van der Waals surface area contributed by atoms with Crippen LogP contribution >= 0.6 is 0 Å². The highest BCUT2D eigenvalue weighted by atomic mass is 16.5. The fourth-order valence-electron chi connectivity index (χ4n) is 1.67. The minimum Gasteiger partial charge on any atom is -0.504 e. The SMILES string of the molecule is CCOc1ccc(NC(=O)c2ccc(O)c(O)c2)cc1. The lowest BCUT2D eigenvalue weighted by atomic mass is 10.2. The monoisotopic (exact) mass is 273 g/mol. The molecule has 0 saturated carbocycles. The largest absolute Gasteiger partial charge is 0.504 e. The molecule has 2 aromatic rings. The first kappa shape index (κ1) is 13.7. The van der Waals surface area contributed by atoms with Crippen LogP contribution in [-0.2, 0) is 0 Å². The average molecular weight is 273 g/mol. The van der Waals surface area contributed by atoms with Gasteiger partial charge in [-0.15, -0.1) is 0 Å². The van der Waals surface area contributed by atoms with Crippen molar-refractivity contribution in [3.05, 3.63) is 48.0 Å². The molecule has 0 aliphatic carbocycles. The summed E-state index contributed by atoms with van der Waals surface area (Å²) in [5.41, 5.74) is 0.875. The third kappa shape index (κ3) is 3.20. The predicted octanol–water partition coefficient (Wildman–Crippen LogP) is 2.75. The summed E-state index contributed by atoms with van der Waals surface area (Å²) in [7, 11) is 0. The Kier molecular flexibility index (Phi) is 4.10. The highest BCUT2D eigenvalue weighted by Crippen LogP contribution is 2.25. The molecule has 5 heteroatoms. The smallest absolute Gasteiger partial charge is 0.255 e. The van der Waals surface area contributed by atoms with E-state index in [9.17, 15) is 15.0 Å². The van der Waals surface area contributed by atoms with Crippen molar-refractivity contribution in [3.8, 4) is 17.2 Å². The minimum atomic E-state index is -0.371. The summed E-state index contributed by atoms with van der Waals surface area (Å²) in [5, 5.41) is 21.3. The fraction of sp³-hybridized carbons (Fsp3) is 0.133. The van der Waals surface area contributed by atoms with Gasteiger partial charge < -0.3 is 20.3 Å². The topological polar surface area (TPSA) is 78.8 Å². The number of hydrogen-bond donors (Lipinski definition) is 3. The molecule has 0 bridgehead atoms. The number of rotatable bonds is 4. The van der Waals surface area contributed by atoms with Crippen LogP contribution in [0.1, 0.15) is 17.3 Å². The van der Waals surface area contributed by atoms with Crippen molar-refractivity contribution in [2.24, 2.45) is 0 Å². The van der Waals surface area contributed by atoms with Crippen molar-refractivity contribution in [3.63, 3.8) is 0 Å². The van der Waals surface area contributed by atoms with E-state index in [2.05, 4.69) is 5.32 Å². The standard InChI is InChI=1S/C15H15NO4/c1-2-20-12-6-4-11(5-7-12)16-15(19)10-3-8-13(17)14(18)9-10/h3-9,17-18H,2H2,1H3,(H,16,19). The second kappa shape index (κ2) is 5.97. The highest BCUT2D eigenvalue weighted by Gasteiger charge is 2.09. The number of nitrogens with one attached hydrogen (secondary N) is 1. The zero-order valence-electron chi connectivity index (χ0n) is 11.0. The van der Waals surface area contributed by atoms with E-state index in [1.165, 1.54) is 18.2 Å². The van der Waals surface area contributed by atoms with E-state index in [0.717, 1.165) is 5.75 Å². The predicted molar refractivity (Wildman–Crippen MR) is 75.3 cm³/mol. The molecule has 2 rings (SSSR count). The van der Waals surface area contributed by atoms with Crippen LogP contribution < -0.4 is 10.1 Å². The summed E-state index contributed by atoms with van der Waals surface area (Å²) < 4.78 is 5.31. The van der Waals surface area contributed by atoms with Crippen LogP contribution in [0.25, 0.3) is 0 Å². The average Bonchev–Trinajstić information content (AvgIpc) is 2.44. The summed E-state index contributed by atoms with van der Waals surface area (Å²) in [6.07, 6.45) is 0. The summed E-state index contributed by atoms with van der Waals surface area (Å²) >= 11 is 0. The van der Waals surface area contributed by atoms with E-state index in [1.807, 2.05) is 6.92 Å². The number of carbonyl (C=O) groups is 1. The Labute approximate surface area is 116 Å². The van der Waals surface area contributed by atoms with Gasteiger partial charge in [-0.3, -0.25) is 4.79 Å². The molecular formula is C15H15NO4. The maximum atomic E-state index is 12.0. The number of amides is 1. The van der Waals surface area contributed by atoms with Crippen molar-refractivity contribution in [2.75, 3.05) is 11.9 Å². The third-order valence-electron chi connectivity index (χ3n) is 2.66. The van der Waals surface area contributed by atoms with Gasteiger partial charge in [-0.1, -0.05) is 0 Å². The van der Waals surface area contributed by atoms with Crippen molar-refractivity contribution in [1.29, 1.82) is 0 Å². The van der Waals surface area contributed by atoms with Crippen molar-refractivity contribution in [1.82, 2.24) is 0 Å². The van der Waals surface area contributed by atoms with Gasteiger partial charge in [0.1, 0.15) is 5.75 Å². The molecule has 5 nitrogen and oxygen atoms in total. The molecule has 0 saturated heterocycles. The molecule has 0 fully saturated rings.